The predicted molar refractivity (Wildman–Crippen MR) is 80.7 cm³/mol. The lowest BCUT2D eigenvalue weighted by atomic mass is 10.3. The highest BCUT2D eigenvalue weighted by atomic mass is 28.2. The van der Waals surface area contributed by atoms with Crippen LogP contribution in [0.1, 0.15) is 36.1 Å². The first-order valence-corrected chi connectivity index (χ1v) is 7.30. The van der Waals surface area contributed by atoms with Gasteiger partial charge in [0.1, 0.15) is 0 Å². The molecule has 0 heterocycles. The molecule has 0 unspecified atom stereocenters. The molecule has 0 spiro atoms. The molecule has 0 aliphatic carbocycles. The minimum absolute atomic E-state index is 0. The van der Waals surface area contributed by atoms with Gasteiger partial charge in [-0.3, -0.25) is 0 Å². The summed E-state index contributed by atoms with van der Waals surface area (Å²) in [6, 6.07) is 1.20. The van der Waals surface area contributed by atoms with Gasteiger partial charge in [-0.15, -0.1) is 0 Å². The number of hydrogen-bond acceptors (Lipinski definition) is 2. The van der Waals surface area contributed by atoms with Crippen LogP contribution in [0.15, 0.2) is 0 Å². The van der Waals surface area contributed by atoms with E-state index in [1.165, 1.54) is 6.04 Å². The van der Waals surface area contributed by atoms with E-state index in [9.17, 15) is 26.5 Å². The lowest BCUT2D eigenvalue weighted by Crippen LogP contribution is -2.43. The zero-order valence-corrected chi connectivity index (χ0v) is 11.0. The second kappa shape index (κ2) is 19.7. The van der Waals surface area contributed by atoms with E-state index in [1.807, 2.05) is 0 Å². The molecule has 0 fully saturated rings. The molecule has 0 aliphatic heterocycles. The Hall–Kier alpha value is -0.283. The summed E-state index contributed by atoms with van der Waals surface area (Å²) >= 11 is 0. The second-order valence-electron chi connectivity index (χ2n) is 3.08. The van der Waals surface area contributed by atoms with E-state index in [1.54, 1.807) is 0 Å². The molecule has 0 aromatic rings. The maximum atomic E-state index is 11.7. The van der Waals surface area contributed by atoms with E-state index in [0.29, 0.717) is 13.7 Å². The molecule has 0 amide bonds. The molecular weight excluding hydrogens is 318 g/mol. The molecule has 0 saturated heterocycles. The fourth-order valence-electron chi connectivity index (χ4n) is 0.634. The third-order valence-electron chi connectivity index (χ3n) is 1.68. The summed E-state index contributed by atoms with van der Waals surface area (Å²) in [4.78, 5) is 3.37. The summed E-state index contributed by atoms with van der Waals surface area (Å²) in [6.45, 7) is 0.0624. The molecular formula is C12H32F6O2Si. The largest absolute Gasteiger partial charge is 0.421 e. The van der Waals surface area contributed by atoms with Crippen molar-refractivity contribution >= 4 is 9.52 Å². The lowest BCUT2D eigenvalue weighted by Gasteiger charge is -2.21. The first kappa shape index (κ1) is 37.2. The minimum Gasteiger partial charge on any atom is -0.319 e. The highest BCUT2D eigenvalue weighted by Gasteiger charge is 2.57. The number of rotatable bonds is 7. The Balaban J connectivity index is -0.0000000468. The molecule has 21 heavy (non-hydrogen) atoms. The highest BCUT2D eigenvalue weighted by molar-refractivity contribution is 6.33. The van der Waals surface area contributed by atoms with Crippen LogP contribution in [0.2, 0.25) is 12.6 Å². The van der Waals surface area contributed by atoms with Gasteiger partial charge in [0.25, 0.3) is 0 Å². The Labute approximate surface area is 127 Å². The fraction of sp³-hybridized carbons (Fsp3) is 1.00. The monoisotopic (exact) mass is 350 g/mol. The van der Waals surface area contributed by atoms with E-state index in [0.717, 1.165) is 6.42 Å². The van der Waals surface area contributed by atoms with Crippen LogP contribution in [-0.4, -0.2) is 41.9 Å². The van der Waals surface area contributed by atoms with E-state index < -0.39 is 18.7 Å². The SMILES string of the molecule is C.C.C.C.COC(F)(F)C(F)(F)CF.C[SiH2]CCCOF. The van der Waals surface area contributed by atoms with Crippen LogP contribution in [-0.2, 0) is 9.68 Å². The van der Waals surface area contributed by atoms with Gasteiger partial charge in [-0.05, 0) is 10.9 Å². The molecule has 2 nitrogen and oxygen atoms in total. The van der Waals surface area contributed by atoms with Gasteiger partial charge in [-0.2, -0.15) is 22.5 Å². The Kier molecular flexibility index (Phi) is 34.9. The average Bonchev–Trinajstić information content (AvgIpc) is 2.30. The zero-order valence-electron chi connectivity index (χ0n) is 9.62. The normalized spacial score (nSPS) is 10.3. The van der Waals surface area contributed by atoms with Crippen molar-refractivity contribution in [2.24, 2.45) is 0 Å². The Morgan fingerprint density at radius 3 is 1.62 bits per heavy atom. The average molecular weight is 350 g/mol. The van der Waals surface area contributed by atoms with E-state index in [-0.39, 0.29) is 39.2 Å². The predicted octanol–water partition coefficient (Wildman–Crippen LogP) is 5.29. The van der Waals surface area contributed by atoms with Gasteiger partial charge in [0.15, 0.2) is 6.67 Å². The smallest absolute Gasteiger partial charge is 0.319 e. The van der Waals surface area contributed by atoms with Crippen LogP contribution in [0, 0.1) is 0 Å². The Morgan fingerprint density at radius 1 is 1.00 bits per heavy atom. The number of halogens is 6. The van der Waals surface area contributed by atoms with Crippen LogP contribution in [0.5, 0.6) is 0 Å². The van der Waals surface area contributed by atoms with Gasteiger partial charge >= 0.3 is 12.0 Å². The summed E-state index contributed by atoms with van der Waals surface area (Å²) in [5, 5.41) is 0. The first-order chi connectivity index (χ1) is 7.79. The third kappa shape index (κ3) is 17.7. The number of methoxy groups -OCH3 is 1. The van der Waals surface area contributed by atoms with Crippen LogP contribution in [0.4, 0.5) is 26.5 Å². The van der Waals surface area contributed by atoms with Gasteiger partial charge in [-0.1, -0.05) is 42.3 Å². The lowest BCUT2D eigenvalue weighted by molar-refractivity contribution is -0.340. The first-order valence-electron chi connectivity index (χ1n) is 4.89. The summed E-state index contributed by atoms with van der Waals surface area (Å²) in [7, 11) is 0.526. The van der Waals surface area contributed by atoms with Crippen molar-refractivity contribution in [3.05, 3.63) is 0 Å². The Bertz CT molecular complexity index is 167. The molecule has 0 saturated carbocycles. The van der Waals surface area contributed by atoms with Gasteiger partial charge < -0.3 is 4.74 Å². The quantitative estimate of drug-likeness (QED) is 0.353. The van der Waals surface area contributed by atoms with Crippen molar-refractivity contribution in [1.29, 1.82) is 0 Å². The van der Waals surface area contributed by atoms with Crippen molar-refractivity contribution in [3.8, 4) is 0 Å². The molecule has 0 aromatic heterocycles. The van der Waals surface area contributed by atoms with Gasteiger partial charge in [0.05, 0.1) is 6.61 Å². The number of alkyl halides is 5. The van der Waals surface area contributed by atoms with Crippen LogP contribution < -0.4 is 0 Å². The van der Waals surface area contributed by atoms with Crippen LogP contribution in [0.3, 0.4) is 0 Å². The van der Waals surface area contributed by atoms with Gasteiger partial charge in [-0.25, -0.2) is 4.39 Å². The van der Waals surface area contributed by atoms with E-state index in [4.69, 9.17) is 0 Å². The summed E-state index contributed by atoms with van der Waals surface area (Å²) in [5.74, 6) is -4.73. The Morgan fingerprint density at radius 2 is 1.43 bits per heavy atom. The van der Waals surface area contributed by atoms with Crippen molar-refractivity contribution < 1.29 is 36.2 Å². The molecule has 0 radical (unpaired) electrons. The number of hydrogen-bond donors (Lipinski definition) is 0. The summed E-state index contributed by atoms with van der Waals surface area (Å²) in [5.41, 5.74) is 0. The van der Waals surface area contributed by atoms with Crippen LogP contribution in [0.25, 0.3) is 0 Å². The summed E-state index contributed by atoms with van der Waals surface area (Å²) < 4.78 is 71.8. The van der Waals surface area contributed by atoms with Crippen molar-refractivity contribution in [1.82, 2.24) is 0 Å². The fourth-order valence-corrected chi connectivity index (χ4v) is 1.34. The van der Waals surface area contributed by atoms with E-state index in [2.05, 4.69) is 16.2 Å². The maximum absolute atomic E-state index is 11.7. The maximum Gasteiger partial charge on any atom is 0.421 e. The molecule has 9 heteroatoms. The molecule has 0 atom stereocenters. The van der Waals surface area contributed by atoms with Crippen molar-refractivity contribution in [2.75, 3.05) is 20.4 Å². The van der Waals surface area contributed by atoms with Gasteiger partial charge in [0, 0.05) is 16.6 Å². The highest BCUT2D eigenvalue weighted by Crippen LogP contribution is 2.34. The minimum atomic E-state index is -4.73. The zero-order chi connectivity index (χ0) is 13.9. The standard InChI is InChI=1S/C4H5F5O.C4H11FOSi.4CH4/c1-10-4(8,9)3(6,7)2-5;1-7-4-2-3-6-5;;;;/h2H2,1H3;2-4,7H2,1H3;4*1H4. The molecule has 0 N–H and O–H groups in total. The molecule has 138 valence electrons. The van der Waals surface area contributed by atoms with Crippen molar-refractivity contribution in [3.63, 3.8) is 0 Å². The summed E-state index contributed by atoms with van der Waals surface area (Å²) in [6.07, 6.45) is -3.82. The topological polar surface area (TPSA) is 18.5 Å². The van der Waals surface area contributed by atoms with E-state index >= 15 is 0 Å². The second-order valence-corrected chi connectivity index (χ2v) is 4.79. The molecule has 0 rings (SSSR count). The van der Waals surface area contributed by atoms with Crippen molar-refractivity contribution in [2.45, 2.75) is 60.7 Å². The third-order valence-corrected chi connectivity index (χ3v) is 2.88. The molecule has 0 aromatic carbocycles. The van der Waals surface area contributed by atoms with Crippen LogP contribution >= 0.6 is 0 Å². The number of ether oxygens (including phenoxy) is 1. The molecule has 0 bridgehead atoms. The molecule has 0 aliphatic rings. The van der Waals surface area contributed by atoms with Gasteiger partial charge in [0.2, 0.25) is 0 Å².